The predicted octanol–water partition coefficient (Wildman–Crippen LogP) is -0.0879. The van der Waals surface area contributed by atoms with Gasteiger partial charge in [0.25, 0.3) is 0 Å². The van der Waals surface area contributed by atoms with Gasteiger partial charge in [-0.15, -0.1) is 0 Å². The molecule has 0 spiro atoms. The molecule has 2 bridgehead atoms. The molecule has 0 aromatic heterocycles. The van der Waals surface area contributed by atoms with Gasteiger partial charge in [-0.1, -0.05) is 0 Å². The molecule has 0 amide bonds. The fourth-order valence-electron chi connectivity index (χ4n) is 2.48. The smallest absolute Gasteiger partial charge is 0.227 e. The standard InChI is InChI=1S/C10H17N3O2S/c1-8(6-11)16(14,15)12-10-7-13-4-2-9(10)3-5-13/h8-10,12H,2-5,7H2,1H3. The molecule has 0 radical (unpaired) electrons. The molecule has 3 heterocycles. The maximum Gasteiger partial charge on any atom is 0.227 e. The SMILES string of the molecule is CC(C#N)S(=O)(=O)NC1CN2CCC1CC2. The lowest BCUT2D eigenvalue weighted by Gasteiger charge is -2.44. The van der Waals surface area contributed by atoms with Crippen LogP contribution in [0.25, 0.3) is 0 Å². The van der Waals surface area contributed by atoms with E-state index in [1.807, 2.05) is 0 Å². The Morgan fingerprint density at radius 2 is 2.06 bits per heavy atom. The van der Waals surface area contributed by atoms with Crippen LogP contribution in [-0.2, 0) is 10.0 Å². The molecule has 1 N–H and O–H groups in total. The first kappa shape index (κ1) is 11.8. The number of hydrogen-bond donors (Lipinski definition) is 1. The molecule has 0 aromatic carbocycles. The van der Waals surface area contributed by atoms with Gasteiger partial charge in [0.15, 0.2) is 5.25 Å². The topological polar surface area (TPSA) is 73.2 Å². The molecule has 3 saturated heterocycles. The molecule has 3 rings (SSSR count). The first-order chi connectivity index (χ1) is 7.53. The molecule has 2 atom stereocenters. The van der Waals surface area contributed by atoms with Crippen molar-refractivity contribution in [3.05, 3.63) is 0 Å². The third-order valence-electron chi connectivity index (χ3n) is 3.62. The minimum atomic E-state index is -3.47. The first-order valence-electron chi connectivity index (χ1n) is 5.66. The Morgan fingerprint density at radius 3 is 2.50 bits per heavy atom. The Kier molecular flexibility index (Phi) is 3.19. The minimum absolute atomic E-state index is 0.00306. The second-order valence-corrected chi connectivity index (χ2v) is 6.71. The number of rotatable bonds is 3. The first-order valence-corrected chi connectivity index (χ1v) is 7.20. The molecule has 3 fully saturated rings. The van der Waals surface area contributed by atoms with Gasteiger partial charge in [-0.25, -0.2) is 13.1 Å². The van der Waals surface area contributed by atoms with E-state index < -0.39 is 15.3 Å². The second-order valence-electron chi connectivity index (χ2n) is 4.68. The van der Waals surface area contributed by atoms with Crippen LogP contribution in [0, 0.1) is 17.2 Å². The Bertz CT molecular complexity index is 393. The van der Waals surface area contributed by atoms with Gasteiger partial charge in [0, 0.05) is 12.6 Å². The third-order valence-corrected chi connectivity index (χ3v) is 5.29. The zero-order chi connectivity index (χ0) is 11.8. The molecule has 0 aliphatic carbocycles. The lowest BCUT2D eigenvalue weighted by atomic mass is 9.85. The maximum atomic E-state index is 11.8. The van der Waals surface area contributed by atoms with Crippen molar-refractivity contribution in [3.63, 3.8) is 0 Å². The number of nitriles is 1. The molecule has 3 aliphatic heterocycles. The van der Waals surface area contributed by atoms with Crippen LogP contribution in [0.1, 0.15) is 19.8 Å². The van der Waals surface area contributed by atoms with Gasteiger partial charge in [0.2, 0.25) is 10.0 Å². The van der Waals surface area contributed by atoms with Crippen molar-refractivity contribution in [2.75, 3.05) is 19.6 Å². The van der Waals surface area contributed by atoms with Crippen LogP contribution >= 0.6 is 0 Å². The molecule has 5 nitrogen and oxygen atoms in total. The lowest BCUT2D eigenvalue weighted by Crippen LogP contribution is -2.58. The summed E-state index contributed by atoms with van der Waals surface area (Å²) in [5.41, 5.74) is 0. The number of sulfonamides is 1. The molecule has 16 heavy (non-hydrogen) atoms. The van der Waals surface area contributed by atoms with Crippen molar-refractivity contribution in [1.29, 1.82) is 5.26 Å². The summed E-state index contributed by atoms with van der Waals surface area (Å²) in [4.78, 5) is 2.28. The molecule has 0 saturated carbocycles. The van der Waals surface area contributed by atoms with Crippen molar-refractivity contribution in [2.24, 2.45) is 5.92 Å². The number of nitrogens with zero attached hydrogens (tertiary/aromatic N) is 2. The molecular weight excluding hydrogens is 226 g/mol. The summed E-state index contributed by atoms with van der Waals surface area (Å²) < 4.78 is 26.2. The van der Waals surface area contributed by atoms with Gasteiger partial charge >= 0.3 is 0 Å². The van der Waals surface area contributed by atoms with E-state index in [9.17, 15) is 8.42 Å². The molecule has 90 valence electrons. The highest BCUT2D eigenvalue weighted by atomic mass is 32.2. The number of nitrogens with one attached hydrogen (secondary N) is 1. The Morgan fingerprint density at radius 1 is 1.44 bits per heavy atom. The van der Waals surface area contributed by atoms with E-state index >= 15 is 0 Å². The van der Waals surface area contributed by atoms with Crippen molar-refractivity contribution in [3.8, 4) is 6.07 Å². The van der Waals surface area contributed by atoms with Gasteiger partial charge in [-0.05, 0) is 38.8 Å². The Labute approximate surface area is 96.5 Å². The van der Waals surface area contributed by atoms with Gasteiger partial charge in [0.1, 0.15) is 0 Å². The highest BCUT2D eigenvalue weighted by molar-refractivity contribution is 7.90. The summed E-state index contributed by atoms with van der Waals surface area (Å²) in [6, 6.07) is 1.78. The zero-order valence-corrected chi connectivity index (χ0v) is 10.2. The van der Waals surface area contributed by atoms with Crippen molar-refractivity contribution < 1.29 is 8.42 Å². The minimum Gasteiger partial charge on any atom is -0.302 e. The number of piperidine rings is 3. The largest absolute Gasteiger partial charge is 0.302 e. The second kappa shape index (κ2) is 4.32. The summed E-state index contributed by atoms with van der Waals surface area (Å²) in [7, 11) is -3.47. The number of fused-ring (bicyclic) bond motifs is 3. The quantitative estimate of drug-likeness (QED) is 0.752. The summed E-state index contributed by atoms with van der Waals surface area (Å²) >= 11 is 0. The molecule has 2 unspecified atom stereocenters. The van der Waals surface area contributed by atoms with Gasteiger partial charge < -0.3 is 4.90 Å². The van der Waals surface area contributed by atoms with E-state index in [2.05, 4.69) is 9.62 Å². The predicted molar refractivity (Wildman–Crippen MR) is 60.1 cm³/mol. The number of hydrogen-bond acceptors (Lipinski definition) is 4. The fourth-order valence-corrected chi connectivity index (χ4v) is 3.51. The van der Waals surface area contributed by atoms with E-state index in [0.717, 1.165) is 32.5 Å². The summed E-state index contributed by atoms with van der Waals surface area (Å²) in [5, 5.41) is 7.68. The van der Waals surface area contributed by atoms with Crippen LogP contribution < -0.4 is 4.72 Å². The van der Waals surface area contributed by atoms with Crippen LogP contribution in [0.5, 0.6) is 0 Å². The van der Waals surface area contributed by atoms with Crippen LogP contribution in [0.4, 0.5) is 0 Å². The molecule has 6 heteroatoms. The van der Waals surface area contributed by atoms with Crippen LogP contribution in [0.15, 0.2) is 0 Å². The fraction of sp³-hybridized carbons (Fsp3) is 0.900. The molecular formula is C10H17N3O2S. The van der Waals surface area contributed by atoms with Gasteiger partial charge in [0.05, 0.1) is 6.07 Å². The average Bonchev–Trinajstić information content (AvgIpc) is 2.29. The highest BCUT2D eigenvalue weighted by Crippen LogP contribution is 2.28. The molecule has 0 aromatic rings. The van der Waals surface area contributed by atoms with Crippen LogP contribution in [-0.4, -0.2) is 44.2 Å². The molecule has 3 aliphatic rings. The van der Waals surface area contributed by atoms with E-state index in [1.165, 1.54) is 6.92 Å². The van der Waals surface area contributed by atoms with E-state index in [4.69, 9.17) is 5.26 Å². The van der Waals surface area contributed by atoms with Gasteiger partial charge in [-0.2, -0.15) is 5.26 Å². The van der Waals surface area contributed by atoms with Crippen molar-refractivity contribution >= 4 is 10.0 Å². The van der Waals surface area contributed by atoms with E-state index in [1.54, 1.807) is 6.07 Å². The lowest BCUT2D eigenvalue weighted by molar-refractivity contribution is 0.0826. The van der Waals surface area contributed by atoms with Crippen molar-refractivity contribution in [1.82, 2.24) is 9.62 Å². The third kappa shape index (κ3) is 2.21. The van der Waals surface area contributed by atoms with E-state index in [-0.39, 0.29) is 6.04 Å². The Hall–Kier alpha value is -0.640. The van der Waals surface area contributed by atoms with Gasteiger partial charge in [-0.3, -0.25) is 0 Å². The van der Waals surface area contributed by atoms with Crippen LogP contribution in [0.2, 0.25) is 0 Å². The maximum absolute atomic E-state index is 11.8. The van der Waals surface area contributed by atoms with Crippen LogP contribution in [0.3, 0.4) is 0 Å². The Balaban J connectivity index is 2.03. The zero-order valence-electron chi connectivity index (χ0n) is 9.39. The van der Waals surface area contributed by atoms with Crippen molar-refractivity contribution in [2.45, 2.75) is 31.1 Å². The highest BCUT2D eigenvalue weighted by Gasteiger charge is 2.37. The average molecular weight is 243 g/mol. The summed E-state index contributed by atoms with van der Waals surface area (Å²) in [6.07, 6.45) is 2.13. The normalized spacial score (nSPS) is 35.6. The summed E-state index contributed by atoms with van der Waals surface area (Å²) in [6.45, 7) is 4.37. The van der Waals surface area contributed by atoms with E-state index in [0.29, 0.717) is 5.92 Å². The monoisotopic (exact) mass is 243 g/mol. The summed E-state index contributed by atoms with van der Waals surface area (Å²) in [5.74, 6) is 0.450.